The summed E-state index contributed by atoms with van der Waals surface area (Å²) in [6, 6.07) is 2.60. The maximum absolute atomic E-state index is 12.8. The van der Waals surface area contributed by atoms with Crippen LogP contribution in [0.15, 0.2) is 18.2 Å². The Morgan fingerprint density at radius 2 is 1.87 bits per heavy atom. The summed E-state index contributed by atoms with van der Waals surface area (Å²) < 4.78 is 12.8. The van der Waals surface area contributed by atoms with Gasteiger partial charge in [0.15, 0.2) is 6.10 Å². The Kier molecular flexibility index (Phi) is 3.23. The number of phenols is 1. The van der Waals surface area contributed by atoms with Gasteiger partial charge in [0.1, 0.15) is 17.7 Å². The van der Waals surface area contributed by atoms with Crippen LogP contribution in [0.25, 0.3) is 0 Å². The Hall–Kier alpha value is -1.66. The molecular weight excluding hydrogens is 207 g/mol. The number of hydrogen-bond donors (Lipinski definition) is 4. The number of carboxylic acids is 1. The van der Waals surface area contributed by atoms with Gasteiger partial charge >= 0.3 is 5.97 Å². The van der Waals surface area contributed by atoms with Crippen molar-refractivity contribution in [2.75, 3.05) is 0 Å². The monoisotopic (exact) mass is 216 g/mol. The minimum atomic E-state index is -2.06. The molecule has 2 unspecified atom stereocenters. The van der Waals surface area contributed by atoms with Crippen LogP contribution >= 0.6 is 0 Å². The summed E-state index contributed by atoms with van der Waals surface area (Å²) in [6.07, 6.45) is -3.85. The highest BCUT2D eigenvalue weighted by atomic mass is 19.1. The molecule has 1 rings (SSSR count). The summed E-state index contributed by atoms with van der Waals surface area (Å²) in [4.78, 5) is 10.3. The number of carbonyl (C=O) groups is 1. The van der Waals surface area contributed by atoms with Gasteiger partial charge in [0.2, 0.25) is 0 Å². The van der Waals surface area contributed by atoms with Crippen LogP contribution in [0.3, 0.4) is 0 Å². The average Bonchev–Trinajstić information content (AvgIpc) is 2.13. The first-order valence-electron chi connectivity index (χ1n) is 4.00. The number of carboxylic acid groups (broad SMARTS) is 1. The van der Waals surface area contributed by atoms with E-state index in [0.29, 0.717) is 0 Å². The van der Waals surface area contributed by atoms with Crippen molar-refractivity contribution in [3.63, 3.8) is 0 Å². The maximum Gasteiger partial charge on any atom is 0.335 e. The molecule has 15 heavy (non-hydrogen) atoms. The largest absolute Gasteiger partial charge is 0.508 e. The van der Waals surface area contributed by atoms with E-state index in [1.807, 2.05) is 0 Å². The smallest absolute Gasteiger partial charge is 0.335 e. The molecule has 0 radical (unpaired) electrons. The third kappa shape index (κ3) is 2.64. The number of halogens is 1. The molecule has 82 valence electrons. The molecule has 0 saturated carbocycles. The van der Waals surface area contributed by atoms with E-state index < -0.39 is 29.7 Å². The molecule has 6 heteroatoms. The molecule has 2 atom stereocenters. The molecule has 0 aliphatic carbocycles. The molecule has 0 saturated heterocycles. The van der Waals surface area contributed by atoms with Crippen molar-refractivity contribution in [2.24, 2.45) is 0 Å². The fraction of sp³-hybridized carbons (Fsp3) is 0.222. The highest BCUT2D eigenvalue weighted by Gasteiger charge is 2.25. The second kappa shape index (κ2) is 4.24. The molecule has 0 aromatic heterocycles. The molecule has 0 aliphatic heterocycles. The lowest BCUT2D eigenvalue weighted by molar-refractivity contribution is -0.153. The third-order valence-electron chi connectivity index (χ3n) is 1.80. The summed E-state index contributed by atoms with van der Waals surface area (Å²) in [7, 11) is 0. The van der Waals surface area contributed by atoms with E-state index in [2.05, 4.69) is 0 Å². The Morgan fingerprint density at radius 1 is 1.27 bits per heavy atom. The van der Waals surface area contributed by atoms with Gasteiger partial charge in [-0.15, -0.1) is 0 Å². The zero-order valence-corrected chi connectivity index (χ0v) is 7.46. The van der Waals surface area contributed by atoms with Crippen LogP contribution in [0.5, 0.6) is 5.75 Å². The van der Waals surface area contributed by atoms with Crippen molar-refractivity contribution in [1.82, 2.24) is 0 Å². The predicted octanol–water partition coefficient (Wildman–Crippen LogP) is 0.0102. The predicted molar refractivity (Wildman–Crippen MR) is 46.7 cm³/mol. The van der Waals surface area contributed by atoms with E-state index in [-0.39, 0.29) is 5.56 Å². The number of aliphatic hydroxyl groups is 2. The van der Waals surface area contributed by atoms with Crippen molar-refractivity contribution in [3.8, 4) is 5.75 Å². The minimum Gasteiger partial charge on any atom is -0.508 e. The van der Waals surface area contributed by atoms with Gasteiger partial charge in [-0.05, 0) is 17.7 Å². The van der Waals surface area contributed by atoms with Gasteiger partial charge in [0.05, 0.1) is 0 Å². The number of benzene rings is 1. The lowest BCUT2D eigenvalue weighted by Gasteiger charge is -2.14. The van der Waals surface area contributed by atoms with Crippen LogP contribution in [0.4, 0.5) is 4.39 Å². The molecule has 0 fully saturated rings. The zero-order chi connectivity index (χ0) is 11.6. The molecule has 5 nitrogen and oxygen atoms in total. The molecular formula is C9H9FO5. The lowest BCUT2D eigenvalue weighted by atomic mass is 10.0. The first-order chi connectivity index (χ1) is 6.91. The number of rotatable bonds is 3. The van der Waals surface area contributed by atoms with Gasteiger partial charge in [-0.2, -0.15) is 0 Å². The van der Waals surface area contributed by atoms with Crippen molar-refractivity contribution in [1.29, 1.82) is 0 Å². The number of hydrogen-bond acceptors (Lipinski definition) is 4. The third-order valence-corrected chi connectivity index (χ3v) is 1.80. The molecule has 1 aromatic carbocycles. The second-order valence-corrected chi connectivity index (χ2v) is 2.97. The standard InChI is InChI=1S/C9H9FO5/c10-5-1-4(2-6(11)3-5)7(12)8(13)9(14)15/h1-3,7-8,11-13H,(H,14,15). The molecule has 4 N–H and O–H groups in total. The Labute approximate surface area is 84.0 Å². The average molecular weight is 216 g/mol. The second-order valence-electron chi connectivity index (χ2n) is 2.97. The highest BCUT2D eigenvalue weighted by Crippen LogP contribution is 2.22. The number of phenolic OH excluding ortho intramolecular Hbond substituents is 1. The quantitative estimate of drug-likeness (QED) is 0.570. The fourth-order valence-corrected chi connectivity index (χ4v) is 1.08. The van der Waals surface area contributed by atoms with Gasteiger partial charge in [0, 0.05) is 6.07 Å². The van der Waals surface area contributed by atoms with E-state index in [4.69, 9.17) is 15.3 Å². The van der Waals surface area contributed by atoms with Gasteiger partial charge in [0.25, 0.3) is 0 Å². The van der Waals surface area contributed by atoms with Crippen molar-refractivity contribution >= 4 is 5.97 Å². The number of aliphatic hydroxyl groups excluding tert-OH is 2. The summed E-state index contributed by atoms with van der Waals surface area (Å²) >= 11 is 0. The molecule has 0 bridgehead atoms. The van der Waals surface area contributed by atoms with Gasteiger partial charge in [-0.1, -0.05) is 0 Å². The van der Waals surface area contributed by atoms with Gasteiger partial charge < -0.3 is 20.4 Å². The summed E-state index contributed by atoms with van der Waals surface area (Å²) in [6.45, 7) is 0. The Morgan fingerprint density at radius 3 is 2.33 bits per heavy atom. The van der Waals surface area contributed by atoms with E-state index in [0.717, 1.165) is 18.2 Å². The maximum atomic E-state index is 12.8. The van der Waals surface area contributed by atoms with Crippen molar-refractivity contribution in [2.45, 2.75) is 12.2 Å². The van der Waals surface area contributed by atoms with E-state index >= 15 is 0 Å². The zero-order valence-electron chi connectivity index (χ0n) is 7.46. The van der Waals surface area contributed by atoms with Crippen molar-refractivity contribution < 1.29 is 29.6 Å². The van der Waals surface area contributed by atoms with Crippen LogP contribution in [-0.4, -0.2) is 32.5 Å². The first kappa shape index (κ1) is 11.4. The van der Waals surface area contributed by atoms with E-state index in [9.17, 15) is 14.3 Å². The van der Waals surface area contributed by atoms with Crippen molar-refractivity contribution in [3.05, 3.63) is 29.6 Å². The van der Waals surface area contributed by atoms with Gasteiger partial charge in [-0.3, -0.25) is 0 Å². The topological polar surface area (TPSA) is 98.0 Å². The summed E-state index contributed by atoms with van der Waals surface area (Å²) in [5.41, 5.74) is -0.206. The van der Waals surface area contributed by atoms with Crippen LogP contribution in [-0.2, 0) is 4.79 Å². The Bertz CT molecular complexity index is 359. The summed E-state index contributed by atoms with van der Waals surface area (Å²) in [5.74, 6) is -2.92. The van der Waals surface area contributed by atoms with E-state index in [1.54, 1.807) is 0 Å². The summed E-state index contributed by atoms with van der Waals surface area (Å²) in [5, 5.41) is 35.6. The molecule has 0 amide bonds. The van der Waals surface area contributed by atoms with Crippen LogP contribution in [0.1, 0.15) is 11.7 Å². The SMILES string of the molecule is O=C(O)C(O)C(O)c1cc(O)cc(F)c1. The molecule has 0 heterocycles. The molecule has 0 aliphatic rings. The van der Waals surface area contributed by atoms with Crippen LogP contribution in [0.2, 0.25) is 0 Å². The fourth-order valence-electron chi connectivity index (χ4n) is 1.08. The van der Waals surface area contributed by atoms with Gasteiger partial charge in [-0.25, -0.2) is 9.18 Å². The molecule has 1 aromatic rings. The molecule has 0 spiro atoms. The minimum absolute atomic E-state index is 0.206. The Balaban J connectivity index is 3.00. The van der Waals surface area contributed by atoms with E-state index in [1.165, 1.54) is 0 Å². The number of aromatic hydroxyl groups is 1. The highest BCUT2D eigenvalue weighted by molar-refractivity contribution is 5.73. The first-order valence-corrected chi connectivity index (χ1v) is 4.00. The van der Waals surface area contributed by atoms with Crippen LogP contribution < -0.4 is 0 Å². The number of aliphatic carboxylic acids is 1. The lowest BCUT2D eigenvalue weighted by Crippen LogP contribution is -2.27. The van der Waals surface area contributed by atoms with Crippen LogP contribution in [0, 0.1) is 5.82 Å². The normalized spacial score (nSPS) is 14.6.